The van der Waals surface area contributed by atoms with E-state index in [0.717, 1.165) is 29.2 Å². The summed E-state index contributed by atoms with van der Waals surface area (Å²) in [5.41, 5.74) is 7.13. The molecular weight excluding hydrogens is 272 g/mol. The van der Waals surface area contributed by atoms with E-state index in [1.165, 1.54) is 0 Å². The van der Waals surface area contributed by atoms with Crippen molar-refractivity contribution in [1.82, 2.24) is 9.97 Å². The van der Waals surface area contributed by atoms with Crippen LogP contribution in [0.4, 0.5) is 0 Å². The standard InChI is InChI=1S/C14H14N4OS/c1-2-4-10-17-12-11(9-5-3-6-20-9)8(7-15)13(16)19-14(12)18-10/h3,5-6,11H,2,4,16H2,1H3,(H,17,18). The second-order valence-corrected chi connectivity index (χ2v) is 5.57. The number of nitrogens with zero attached hydrogens (tertiary/aromatic N) is 2. The molecule has 3 N–H and O–H groups in total. The minimum Gasteiger partial charge on any atom is -0.420 e. The average molecular weight is 286 g/mol. The highest BCUT2D eigenvalue weighted by Crippen LogP contribution is 2.42. The smallest absolute Gasteiger partial charge is 0.243 e. The zero-order chi connectivity index (χ0) is 14.1. The van der Waals surface area contributed by atoms with Gasteiger partial charge in [-0.2, -0.15) is 10.2 Å². The number of aromatic amines is 1. The van der Waals surface area contributed by atoms with E-state index in [0.29, 0.717) is 11.5 Å². The van der Waals surface area contributed by atoms with E-state index in [1.807, 2.05) is 17.5 Å². The Kier molecular flexibility index (Phi) is 3.20. The molecule has 0 radical (unpaired) electrons. The molecule has 0 amide bonds. The Labute approximate surface area is 120 Å². The SMILES string of the molecule is CCCc1nc2c([nH]1)C(c1cccs1)C(C#N)=C(N)O2. The van der Waals surface area contributed by atoms with Crippen LogP contribution in [0.2, 0.25) is 0 Å². The molecule has 0 spiro atoms. The predicted octanol–water partition coefficient (Wildman–Crippen LogP) is 2.64. The van der Waals surface area contributed by atoms with Gasteiger partial charge in [0.1, 0.15) is 17.5 Å². The molecule has 0 aromatic carbocycles. The van der Waals surface area contributed by atoms with Crippen LogP contribution in [0, 0.1) is 11.3 Å². The first-order chi connectivity index (χ1) is 9.74. The van der Waals surface area contributed by atoms with Crippen LogP contribution in [-0.4, -0.2) is 9.97 Å². The van der Waals surface area contributed by atoms with Crippen LogP contribution in [0.1, 0.15) is 35.7 Å². The molecule has 102 valence electrons. The van der Waals surface area contributed by atoms with Crippen LogP contribution in [0.25, 0.3) is 0 Å². The van der Waals surface area contributed by atoms with E-state index in [4.69, 9.17) is 10.5 Å². The molecule has 1 aliphatic rings. The van der Waals surface area contributed by atoms with Crippen molar-refractivity contribution in [1.29, 1.82) is 5.26 Å². The highest BCUT2D eigenvalue weighted by atomic mass is 32.1. The number of thiophene rings is 1. The summed E-state index contributed by atoms with van der Waals surface area (Å²) in [5, 5.41) is 11.4. The van der Waals surface area contributed by atoms with Crippen LogP contribution < -0.4 is 10.5 Å². The Morgan fingerprint density at radius 3 is 3.10 bits per heavy atom. The highest BCUT2D eigenvalue weighted by molar-refractivity contribution is 7.10. The number of imidazole rings is 1. The number of allylic oxidation sites excluding steroid dienone is 1. The number of hydrogen-bond donors (Lipinski definition) is 2. The summed E-state index contributed by atoms with van der Waals surface area (Å²) < 4.78 is 5.49. The number of ether oxygens (including phenoxy) is 1. The average Bonchev–Trinajstić information content (AvgIpc) is 3.06. The Bertz CT molecular complexity index is 693. The van der Waals surface area contributed by atoms with Crippen molar-refractivity contribution in [3.8, 4) is 11.9 Å². The molecule has 1 unspecified atom stereocenters. The molecule has 0 saturated carbocycles. The molecule has 2 aromatic heterocycles. The van der Waals surface area contributed by atoms with Gasteiger partial charge in [0, 0.05) is 11.3 Å². The van der Waals surface area contributed by atoms with E-state index in [-0.39, 0.29) is 11.8 Å². The summed E-state index contributed by atoms with van der Waals surface area (Å²) >= 11 is 1.59. The van der Waals surface area contributed by atoms with Crippen molar-refractivity contribution in [3.63, 3.8) is 0 Å². The monoisotopic (exact) mass is 286 g/mol. The molecule has 0 bridgehead atoms. The third kappa shape index (κ3) is 1.96. The lowest BCUT2D eigenvalue weighted by Gasteiger charge is -2.21. The van der Waals surface area contributed by atoms with Crippen LogP contribution in [-0.2, 0) is 6.42 Å². The summed E-state index contributed by atoms with van der Waals surface area (Å²) in [6.07, 6.45) is 1.83. The van der Waals surface area contributed by atoms with Gasteiger partial charge in [-0.05, 0) is 17.9 Å². The van der Waals surface area contributed by atoms with E-state index in [1.54, 1.807) is 11.3 Å². The maximum atomic E-state index is 9.37. The van der Waals surface area contributed by atoms with Crippen LogP contribution in [0.5, 0.6) is 5.88 Å². The molecule has 0 fully saturated rings. The van der Waals surface area contributed by atoms with Crippen LogP contribution in [0.15, 0.2) is 29.0 Å². The molecule has 6 heteroatoms. The topological polar surface area (TPSA) is 87.7 Å². The van der Waals surface area contributed by atoms with Gasteiger partial charge in [0.05, 0.1) is 11.6 Å². The van der Waals surface area contributed by atoms with Crippen molar-refractivity contribution < 1.29 is 4.74 Å². The van der Waals surface area contributed by atoms with Gasteiger partial charge in [-0.15, -0.1) is 11.3 Å². The summed E-state index contributed by atoms with van der Waals surface area (Å²) in [4.78, 5) is 8.77. The molecule has 2 aromatic rings. The van der Waals surface area contributed by atoms with Crippen LogP contribution in [0.3, 0.4) is 0 Å². The van der Waals surface area contributed by atoms with Crippen molar-refractivity contribution in [2.45, 2.75) is 25.7 Å². The number of aryl methyl sites for hydroxylation is 1. The summed E-state index contributed by atoms with van der Waals surface area (Å²) in [6.45, 7) is 2.09. The fourth-order valence-corrected chi connectivity index (χ4v) is 3.20. The molecular formula is C14H14N4OS. The van der Waals surface area contributed by atoms with Gasteiger partial charge in [0.2, 0.25) is 11.8 Å². The van der Waals surface area contributed by atoms with Gasteiger partial charge < -0.3 is 15.5 Å². The number of rotatable bonds is 3. The molecule has 3 heterocycles. The maximum Gasteiger partial charge on any atom is 0.243 e. The second-order valence-electron chi connectivity index (χ2n) is 4.59. The van der Waals surface area contributed by atoms with Gasteiger partial charge in [-0.25, -0.2) is 0 Å². The Morgan fingerprint density at radius 2 is 2.45 bits per heavy atom. The highest BCUT2D eigenvalue weighted by Gasteiger charge is 2.34. The number of fused-ring (bicyclic) bond motifs is 1. The lowest BCUT2D eigenvalue weighted by atomic mass is 9.93. The minimum atomic E-state index is -0.207. The number of nitrogens with one attached hydrogen (secondary N) is 1. The summed E-state index contributed by atoms with van der Waals surface area (Å²) in [6, 6.07) is 6.12. The Morgan fingerprint density at radius 1 is 1.60 bits per heavy atom. The number of H-pyrrole nitrogens is 1. The summed E-state index contributed by atoms with van der Waals surface area (Å²) in [7, 11) is 0. The zero-order valence-corrected chi connectivity index (χ0v) is 11.8. The number of nitrogens with two attached hydrogens (primary N) is 1. The fourth-order valence-electron chi connectivity index (χ4n) is 2.35. The summed E-state index contributed by atoms with van der Waals surface area (Å²) in [5.74, 6) is 1.30. The third-order valence-corrected chi connectivity index (χ3v) is 4.17. The predicted molar refractivity (Wildman–Crippen MR) is 76.2 cm³/mol. The van der Waals surface area contributed by atoms with Gasteiger partial charge in [0.15, 0.2) is 0 Å². The molecule has 1 aliphatic heterocycles. The first-order valence-electron chi connectivity index (χ1n) is 6.44. The van der Waals surface area contributed by atoms with E-state index < -0.39 is 0 Å². The van der Waals surface area contributed by atoms with E-state index in [2.05, 4.69) is 23.0 Å². The largest absolute Gasteiger partial charge is 0.420 e. The van der Waals surface area contributed by atoms with Gasteiger partial charge in [-0.3, -0.25) is 0 Å². The van der Waals surface area contributed by atoms with Crippen molar-refractivity contribution in [2.24, 2.45) is 5.73 Å². The van der Waals surface area contributed by atoms with Crippen molar-refractivity contribution >= 4 is 11.3 Å². The fraction of sp³-hybridized carbons (Fsp3) is 0.286. The molecule has 0 aliphatic carbocycles. The molecule has 0 saturated heterocycles. The second kappa shape index (κ2) is 5.02. The van der Waals surface area contributed by atoms with Gasteiger partial charge >= 0.3 is 0 Å². The Balaban J connectivity index is 2.12. The minimum absolute atomic E-state index is 0.146. The lowest BCUT2D eigenvalue weighted by Crippen LogP contribution is -2.20. The van der Waals surface area contributed by atoms with Crippen molar-refractivity contribution in [3.05, 3.63) is 45.4 Å². The normalized spacial score (nSPS) is 17.5. The first kappa shape index (κ1) is 12.8. The maximum absolute atomic E-state index is 9.37. The van der Waals surface area contributed by atoms with Crippen LogP contribution >= 0.6 is 11.3 Å². The molecule has 5 nitrogen and oxygen atoms in total. The van der Waals surface area contributed by atoms with Gasteiger partial charge in [-0.1, -0.05) is 13.0 Å². The number of aromatic nitrogens is 2. The molecule has 3 rings (SSSR count). The van der Waals surface area contributed by atoms with Crippen molar-refractivity contribution in [2.75, 3.05) is 0 Å². The third-order valence-electron chi connectivity index (χ3n) is 3.23. The number of hydrogen-bond acceptors (Lipinski definition) is 5. The molecule has 1 atom stereocenters. The number of nitriles is 1. The molecule has 20 heavy (non-hydrogen) atoms. The lowest BCUT2D eigenvalue weighted by molar-refractivity contribution is 0.380. The van der Waals surface area contributed by atoms with E-state index >= 15 is 0 Å². The Hall–Kier alpha value is -2.26. The van der Waals surface area contributed by atoms with E-state index in [9.17, 15) is 5.26 Å². The zero-order valence-electron chi connectivity index (χ0n) is 11.0. The van der Waals surface area contributed by atoms with Gasteiger partial charge in [0.25, 0.3) is 0 Å². The first-order valence-corrected chi connectivity index (χ1v) is 7.32. The quantitative estimate of drug-likeness (QED) is 0.908.